The van der Waals surface area contributed by atoms with Gasteiger partial charge in [0.1, 0.15) is 25.3 Å². The normalized spacial score (nSPS) is 29.5. The summed E-state index contributed by atoms with van der Waals surface area (Å²) < 4.78 is 5.84. The molecular formula is C18H26ClN2O2+. The average Bonchev–Trinajstić information content (AvgIpc) is 2.54. The van der Waals surface area contributed by atoms with Crippen LogP contribution >= 0.6 is 11.6 Å². The van der Waals surface area contributed by atoms with Gasteiger partial charge in [-0.25, -0.2) is 0 Å². The van der Waals surface area contributed by atoms with Gasteiger partial charge in [-0.2, -0.15) is 0 Å². The van der Waals surface area contributed by atoms with E-state index < -0.39 is 0 Å². The van der Waals surface area contributed by atoms with Crippen molar-refractivity contribution < 1.29 is 14.4 Å². The van der Waals surface area contributed by atoms with Crippen LogP contribution in [0.3, 0.4) is 0 Å². The maximum atomic E-state index is 12.6. The smallest absolute Gasteiger partial charge is 0.255 e. The minimum atomic E-state index is 0.0627. The number of carbonyl (C=O) groups is 1. The largest absolute Gasteiger partial charge is 0.364 e. The van der Waals surface area contributed by atoms with Gasteiger partial charge in [-0.05, 0) is 26.0 Å². The molecule has 0 radical (unpaired) electrons. The molecule has 0 spiro atoms. The first-order chi connectivity index (χ1) is 11.0. The van der Waals surface area contributed by atoms with Crippen LogP contribution in [0.2, 0.25) is 5.02 Å². The van der Waals surface area contributed by atoms with Crippen molar-refractivity contribution >= 4 is 17.5 Å². The molecule has 2 heterocycles. The van der Waals surface area contributed by atoms with Crippen molar-refractivity contribution in [1.82, 2.24) is 4.90 Å². The molecule has 5 heteroatoms. The molecule has 1 amide bonds. The lowest BCUT2D eigenvalue weighted by atomic mass is 10.0. The van der Waals surface area contributed by atoms with Crippen LogP contribution in [0, 0.1) is 0 Å². The third-order valence-electron chi connectivity index (χ3n) is 5.03. The van der Waals surface area contributed by atoms with Gasteiger partial charge < -0.3 is 14.5 Å². The summed E-state index contributed by atoms with van der Waals surface area (Å²) in [6.07, 6.45) is 2.78. The van der Waals surface area contributed by atoms with E-state index in [9.17, 15) is 4.79 Å². The van der Waals surface area contributed by atoms with Crippen LogP contribution in [0.1, 0.15) is 37.0 Å². The number of piperidine rings is 1. The zero-order chi connectivity index (χ0) is 16.4. The second kappa shape index (κ2) is 7.20. The highest BCUT2D eigenvalue weighted by Gasteiger charge is 2.34. The lowest BCUT2D eigenvalue weighted by Crippen LogP contribution is -3.19. The third kappa shape index (κ3) is 3.87. The predicted molar refractivity (Wildman–Crippen MR) is 91.1 cm³/mol. The molecule has 2 saturated heterocycles. The Morgan fingerprint density at radius 1 is 1.17 bits per heavy atom. The molecular weight excluding hydrogens is 312 g/mol. The number of nitrogens with one attached hydrogen (secondary N) is 1. The maximum Gasteiger partial charge on any atom is 0.255 e. The summed E-state index contributed by atoms with van der Waals surface area (Å²) in [5.41, 5.74) is 0.619. The molecule has 0 bridgehead atoms. The van der Waals surface area contributed by atoms with Gasteiger partial charge in [-0.3, -0.25) is 4.79 Å². The molecule has 3 rings (SSSR count). The Hall–Kier alpha value is -1.10. The van der Waals surface area contributed by atoms with Crippen molar-refractivity contribution in [1.29, 1.82) is 0 Å². The standard InChI is InChI=1S/C18H25ClN2O2/c1-13-11-21(12-14(2)23-13)15-7-9-20(10-8-15)18(22)16-5-3-4-6-17(16)19/h3-6,13-15H,7-12H2,1-2H3/p+1/t13-,14-/m1/s1. The van der Waals surface area contributed by atoms with Crippen molar-refractivity contribution in [2.75, 3.05) is 26.2 Å². The number of likely N-dealkylation sites (tertiary alicyclic amines) is 1. The topological polar surface area (TPSA) is 34.0 Å². The second-order valence-corrected chi connectivity index (χ2v) is 7.28. The Labute approximate surface area is 143 Å². The molecule has 1 aromatic carbocycles. The van der Waals surface area contributed by atoms with E-state index in [1.807, 2.05) is 23.1 Å². The SMILES string of the molecule is C[C@@H]1C[NH+](C2CCN(C(=O)c3ccccc3Cl)CC2)C[C@@H](C)O1. The summed E-state index contributed by atoms with van der Waals surface area (Å²) in [4.78, 5) is 16.2. The van der Waals surface area contributed by atoms with Crippen LogP contribution in [0.15, 0.2) is 24.3 Å². The number of rotatable bonds is 2. The van der Waals surface area contributed by atoms with Gasteiger partial charge in [0.05, 0.1) is 16.6 Å². The molecule has 2 fully saturated rings. The van der Waals surface area contributed by atoms with Crippen molar-refractivity contribution in [3.05, 3.63) is 34.9 Å². The number of quaternary nitrogens is 1. The first-order valence-electron chi connectivity index (χ1n) is 8.58. The van der Waals surface area contributed by atoms with Gasteiger partial charge in [0, 0.05) is 25.9 Å². The Bertz CT molecular complexity index is 548. The fourth-order valence-corrected chi connectivity index (χ4v) is 4.16. The highest BCUT2D eigenvalue weighted by atomic mass is 35.5. The number of hydrogen-bond donors (Lipinski definition) is 1. The first kappa shape index (κ1) is 16.7. The van der Waals surface area contributed by atoms with E-state index in [1.165, 1.54) is 0 Å². The van der Waals surface area contributed by atoms with Crippen LogP contribution in [0.5, 0.6) is 0 Å². The highest BCUT2D eigenvalue weighted by molar-refractivity contribution is 6.33. The minimum absolute atomic E-state index is 0.0627. The van der Waals surface area contributed by atoms with E-state index in [4.69, 9.17) is 16.3 Å². The monoisotopic (exact) mass is 337 g/mol. The molecule has 0 saturated carbocycles. The summed E-state index contributed by atoms with van der Waals surface area (Å²) in [6, 6.07) is 7.96. The molecule has 4 nitrogen and oxygen atoms in total. The Morgan fingerprint density at radius 2 is 1.78 bits per heavy atom. The van der Waals surface area contributed by atoms with Crippen LogP contribution in [0.4, 0.5) is 0 Å². The van der Waals surface area contributed by atoms with Gasteiger partial charge in [0.25, 0.3) is 5.91 Å². The Morgan fingerprint density at radius 3 is 2.39 bits per heavy atom. The number of hydrogen-bond acceptors (Lipinski definition) is 2. The number of ether oxygens (including phenoxy) is 1. The lowest BCUT2D eigenvalue weighted by Gasteiger charge is -2.41. The highest BCUT2D eigenvalue weighted by Crippen LogP contribution is 2.19. The van der Waals surface area contributed by atoms with Crippen LogP contribution in [-0.4, -0.2) is 55.2 Å². The number of halogens is 1. The van der Waals surface area contributed by atoms with Crippen molar-refractivity contribution in [3.8, 4) is 0 Å². The Balaban J connectivity index is 1.58. The van der Waals surface area contributed by atoms with Crippen molar-refractivity contribution in [2.45, 2.75) is 44.9 Å². The predicted octanol–water partition coefficient (Wildman–Crippen LogP) is 1.64. The van der Waals surface area contributed by atoms with Crippen LogP contribution in [-0.2, 0) is 4.74 Å². The molecule has 23 heavy (non-hydrogen) atoms. The molecule has 1 aromatic rings. The van der Waals surface area contributed by atoms with E-state index in [2.05, 4.69) is 13.8 Å². The fourth-order valence-electron chi connectivity index (χ4n) is 3.94. The summed E-state index contributed by atoms with van der Waals surface area (Å²) in [7, 11) is 0. The quantitative estimate of drug-likeness (QED) is 0.890. The third-order valence-corrected chi connectivity index (χ3v) is 5.36. The number of morpholine rings is 1. The van der Waals surface area contributed by atoms with Gasteiger partial charge in [0.2, 0.25) is 0 Å². The van der Waals surface area contributed by atoms with Gasteiger partial charge in [-0.1, -0.05) is 23.7 Å². The fraction of sp³-hybridized carbons (Fsp3) is 0.611. The number of nitrogens with zero attached hydrogens (tertiary/aromatic N) is 1. The zero-order valence-corrected chi connectivity index (χ0v) is 14.7. The number of amides is 1. The van der Waals surface area contributed by atoms with E-state index >= 15 is 0 Å². The maximum absolute atomic E-state index is 12.6. The van der Waals surface area contributed by atoms with Crippen LogP contribution in [0.25, 0.3) is 0 Å². The van der Waals surface area contributed by atoms with Gasteiger partial charge in [-0.15, -0.1) is 0 Å². The van der Waals surface area contributed by atoms with Crippen molar-refractivity contribution in [3.63, 3.8) is 0 Å². The molecule has 0 aromatic heterocycles. The number of benzene rings is 1. The van der Waals surface area contributed by atoms with E-state index in [-0.39, 0.29) is 5.91 Å². The van der Waals surface area contributed by atoms with E-state index in [1.54, 1.807) is 11.0 Å². The second-order valence-electron chi connectivity index (χ2n) is 6.87. The molecule has 2 atom stereocenters. The Kier molecular flexibility index (Phi) is 5.24. The zero-order valence-electron chi connectivity index (χ0n) is 13.9. The first-order valence-corrected chi connectivity index (χ1v) is 8.96. The van der Waals surface area contributed by atoms with E-state index in [0.717, 1.165) is 39.0 Å². The summed E-state index contributed by atoms with van der Waals surface area (Å²) in [5, 5.41) is 0.543. The molecule has 0 aliphatic carbocycles. The molecule has 0 unspecified atom stereocenters. The van der Waals surface area contributed by atoms with E-state index in [0.29, 0.717) is 28.8 Å². The summed E-state index contributed by atoms with van der Waals surface area (Å²) in [6.45, 7) is 8.11. The molecule has 2 aliphatic rings. The van der Waals surface area contributed by atoms with Crippen molar-refractivity contribution in [2.24, 2.45) is 0 Å². The van der Waals surface area contributed by atoms with Gasteiger partial charge >= 0.3 is 0 Å². The van der Waals surface area contributed by atoms with Crippen LogP contribution < -0.4 is 4.90 Å². The van der Waals surface area contributed by atoms with Gasteiger partial charge in [0.15, 0.2) is 0 Å². The molecule has 1 N–H and O–H groups in total. The minimum Gasteiger partial charge on any atom is -0.364 e. The number of carbonyl (C=O) groups excluding carboxylic acids is 1. The summed E-state index contributed by atoms with van der Waals surface area (Å²) >= 11 is 6.16. The summed E-state index contributed by atoms with van der Waals surface area (Å²) in [5.74, 6) is 0.0627. The lowest BCUT2D eigenvalue weighted by molar-refractivity contribution is -0.940. The molecule has 126 valence electrons. The molecule has 2 aliphatic heterocycles. The average molecular weight is 338 g/mol.